The predicted octanol–water partition coefficient (Wildman–Crippen LogP) is 1.51. The molecule has 8 heavy (non-hydrogen) atoms. The van der Waals surface area contributed by atoms with Crippen molar-refractivity contribution in [3.8, 4) is 0 Å². The monoisotopic (exact) mass is 113 g/mol. The van der Waals surface area contributed by atoms with Crippen molar-refractivity contribution in [2.24, 2.45) is 0 Å². The molecule has 0 N–H and O–H groups in total. The van der Waals surface area contributed by atoms with Gasteiger partial charge in [-0.25, -0.2) is 0 Å². The summed E-state index contributed by atoms with van der Waals surface area (Å²) >= 11 is 0. The molecule has 0 saturated heterocycles. The van der Waals surface area contributed by atoms with Crippen LogP contribution in [0.15, 0.2) is 12.7 Å². The van der Waals surface area contributed by atoms with Crippen LogP contribution >= 0.6 is 0 Å². The molecule has 1 heteroatoms. The molecule has 0 aliphatic rings. The molecule has 0 heterocycles. The lowest BCUT2D eigenvalue weighted by molar-refractivity contribution is 0.360. The predicted molar refractivity (Wildman–Crippen MR) is 38.0 cm³/mol. The van der Waals surface area contributed by atoms with Crippen molar-refractivity contribution >= 4 is 0 Å². The van der Waals surface area contributed by atoms with Crippen molar-refractivity contribution in [3.05, 3.63) is 12.7 Å². The van der Waals surface area contributed by atoms with Gasteiger partial charge in [0.2, 0.25) is 0 Å². The molecule has 0 atom stereocenters. The third-order valence-corrected chi connectivity index (χ3v) is 1.25. The maximum absolute atomic E-state index is 3.64. The van der Waals surface area contributed by atoms with Crippen LogP contribution in [0.5, 0.6) is 0 Å². The van der Waals surface area contributed by atoms with E-state index in [0.717, 1.165) is 19.5 Å². The summed E-state index contributed by atoms with van der Waals surface area (Å²) in [4.78, 5) is 2.27. The molecule has 0 bridgehead atoms. The molecule has 0 amide bonds. The van der Waals surface area contributed by atoms with Crippen LogP contribution in [0, 0.1) is 0 Å². The zero-order valence-corrected chi connectivity index (χ0v) is 5.85. The summed E-state index contributed by atoms with van der Waals surface area (Å²) in [7, 11) is 2.11. The Morgan fingerprint density at radius 2 is 2.25 bits per heavy atom. The van der Waals surface area contributed by atoms with Gasteiger partial charge in [-0.1, -0.05) is 13.0 Å². The normalized spacial score (nSPS) is 9.88. The molecule has 48 valence electrons. The Morgan fingerprint density at radius 3 is 2.62 bits per heavy atom. The van der Waals surface area contributed by atoms with E-state index in [-0.39, 0.29) is 0 Å². The molecule has 0 rings (SSSR count). The summed E-state index contributed by atoms with van der Waals surface area (Å²) in [5, 5.41) is 0. The van der Waals surface area contributed by atoms with E-state index in [1.807, 2.05) is 6.08 Å². The highest BCUT2D eigenvalue weighted by Crippen LogP contribution is 1.84. The largest absolute Gasteiger partial charge is 0.306 e. The zero-order valence-electron chi connectivity index (χ0n) is 5.85. The van der Waals surface area contributed by atoms with Crippen molar-refractivity contribution in [1.29, 1.82) is 0 Å². The van der Waals surface area contributed by atoms with Crippen LogP contribution in [0.2, 0.25) is 0 Å². The van der Waals surface area contributed by atoms with Gasteiger partial charge in [0.05, 0.1) is 0 Å². The minimum atomic E-state index is 1.10. The zero-order chi connectivity index (χ0) is 6.41. The van der Waals surface area contributed by atoms with Gasteiger partial charge in [0.1, 0.15) is 0 Å². The van der Waals surface area contributed by atoms with Gasteiger partial charge < -0.3 is 4.90 Å². The summed E-state index contributed by atoms with van der Waals surface area (Å²) in [6.07, 6.45) is 3.05. The second kappa shape index (κ2) is 4.85. The molecule has 0 saturated carbocycles. The van der Waals surface area contributed by atoms with E-state index < -0.39 is 0 Å². The molecule has 0 aromatic rings. The average molecular weight is 113 g/mol. The SMILES string of the molecule is C=CCCN(C)CC. The first-order valence-corrected chi connectivity index (χ1v) is 3.10. The van der Waals surface area contributed by atoms with E-state index in [4.69, 9.17) is 0 Å². The molecule has 0 aromatic carbocycles. The first kappa shape index (κ1) is 7.70. The molecule has 0 fully saturated rings. The van der Waals surface area contributed by atoms with Crippen molar-refractivity contribution in [2.75, 3.05) is 20.1 Å². The minimum Gasteiger partial charge on any atom is -0.306 e. The maximum atomic E-state index is 3.64. The first-order valence-electron chi connectivity index (χ1n) is 3.10. The molecule has 0 aromatic heterocycles. The third kappa shape index (κ3) is 3.88. The smallest absolute Gasteiger partial charge is 0.00126 e. The summed E-state index contributed by atoms with van der Waals surface area (Å²) in [5.41, 5.74) is 0. The fraction of sp³-hybridized carbons (Fsp3) is 0.714. The standard InChI is InChI=1S/C7H15N/c1-4-6-7-8(3)5-2/h4H,1,5-7H2,2-3H3. The summed E-state index contributed by atoms with van der Waals surface area (Å²) in [5.74, 6) is 0. The fourth-order valence-electron chi connectivity index (χ4n) is 0.470. The Kier molecular flexibility index (Phi) is 4.67. The fourth-order valence-corrected chi connectivity index (χ4v) is 0.470. The summed E-state index contributed by atoms with van der Waals surface area (Å²) in [6.45, 7) is 8.07. The second-order valence-corrected chi connectivity index (χ2v) is 1.97. The van der Waals surface area contributed by atoms with Crippen LogP contribution in [-0.2, 0) is 0 Å². The van der Waals surface area contributed by atoms with Gasteiger partial charge in [-0.05, 0) is 20.0 Å². The van der Waals surface area contributed by atoms with Gasteiger partial charge in [-0.15, -0.1) is 6.58 Å². The maximum Gasteiger partial charge on any atom is 0.00126 e. The molecule has 0 aliphatic carbocycles. The Balaban J connectivity index is 2.97. The summed E-state index contributed by atoms with van der Waals surface area (Å²) < 4.78 is 0. The van der Waals surface area contributed by atoms with Crippen LogP contribution in [-0.4, -0.2) is 25.0 Å². The highest BCUT2D eigenvalue weighted by molar-refractivity contribution is 4.67. The Labute approximate surface area is 52.0 Å². The van der Waals surface area contributed by atoms with Crippen molar-refractivity contribution in [3.63, 3.8) is 0 Å². The Bertz CT molecular complexity index is 59.4. The number of rotatable bonds is 4. The molecule has 0 aliphatic heterocycles. The lowest BCUT2D eigenvalue weighted by atomic mass is 10.4. The van der Waals surface area contributed by atoms with E-state index in [1.165, 1.54) is 0 Å². The van der Waals surface area contributed by atoms with Crippen LogP contribution in [0.3, 0.4) is 0 Å². The van der Waals surface area contributed by atoms with Gasteiger partial charge in [-0.3, -0.25) is 0 Å². The van der Waals surface area contributed by atoms with E-state index in [0.29, 0.717) is 0 Å². The molecule has 0 radical (unpaired) electrons. The van der Waals surface area contributed by atoms with Crippen molar-refractivity contribution in [1.82, 2.24) is 4.90 Å². The highest BCUT2D eigenvalue weighted by atomic mass is 15.1. The highest BCUT2D eigenvalue weighted by Gasteiger charge is 1.87. The van der Waals surface area contributed by atoms with Gasteiger partial charge >= 0.3 is 0 Å². The summed E-state index contributed by atoms with van der Waals surface area (Å²) in [6, 6.07) is 0. The quantitative estimate of drug-likeness (QED) is 0.499. The lowest BCUT2D eigenvalue weighted by Crippen LogP contribution is -2.17. The van der Waals surface area contributed by atoms with E-state index >= 15 is 0 Å². The Morgan fingerprint density at radius 1 is 1.62 bits per heavy atom. The molecule has 1 nitrogen and oxygen atoms in total. The van der Waals surface area contributed by atoms with Crippen LogP contribution < -0.4 is 0 Å². The van der Waals surface area contributed by atoms with Gasteiger partial charge in [-0.2, -0.15) is 0 Å². The molecule has 0 unspecified atom stereocenters. The number of hydrogen-bond donors (Lipinski definition) is 0. The topological polar surface area (TPSA) is 3.24 Å². The van der Waals surface area contributed by atoms with E-state index in [2.05, 4.69) is 25.5 Å². The third-order valence-electron chi connectivity index (χ3n) is 1.25. The first-order chi connectivity index (χ1) is 3.81. The van der Waals surface area contributed by atoms with Crippen molar-refractivity contribution < 1.29 is 0 Å². The van der Waals surface area contributed by atoms with Gasteiger partial charge in [0.25, 0.3) is 0 Å². The molecule has 0 spiro atoms. The average Bonchev–Trinajstić information content (AvgIpc) is 1.83. The molecular formula is C7H15N. The van der Waals surface area contributed by atoms with Crippen molar-refractivity contribution in [2.45, 2.75) is 13.3 Å². The van der Waals surface area contributed by atoms with Crippen LogP contribution in [0.1, 0.15) is 13.3 Å². The number of hydrogen-bond acceptors (Lipinski definition) is 1. The van der Waals surface area contributed by atoms with E-state index in [9.17, 15) is 0 Å². The molecular weight excluding hydrogens is 98.1 g/mol. The number of nitrogens with zero attached hydrogens (tertiary/aromatic N) is 1. The lowest BCUT2D eigenvalue weighted by Gasteiger charge is -2.10. The van der Waals surface area contributed by atoms with Crippen LogP contribution in [0.25, 0.3) is 0 Å². The Hall–Kier alpha value is -0.300. The second-order valence-electron chi connectivity index (χ2n) is 1.97. The minimum absolute atomic E-state index is 1.10. The van der Waals surface area contributed by atoms with Gasteiger partial charge in [0, 0.05) is 6.54 Å². The van der Waals surface area contributed by atoms with Gasteiger partial charge in [0.15, 0.2) is 0 Å². The van der Waals surface area contributed by atoms with Crippen LogP contribution in [0.4, 0.5) is 0 Å². The van der Waals surface area contributed by atoms with E-state index in [1.54, 1.807) is 0 Å².